The second kappa shape index (κ2) is 12.7. The van der Waals surface area contributed by atoms with Gasteiger partial charge in [-0.15, -0.1) is 0 Å². The number of furan rings is 1. The van der Waals surface area contributed by atoms with Crippen molar-refractivity contribution in [1.29, 1.82) is 0 Å². The molecule has 2 N–H and O–H groups in total. The van der Waals surface area contributed by atoms with Crippen LogP contribution < -0.4 is 15.6 Å². The largest absolute Gasteiger partial charge is 0.465 e. The molecule has 180 valence electrons. The molecule has 3 rings (SSSR count). The highest BCUT2D eigenvalue weighted by Crippen LogP contribution is 2.17. The summed E-state index contributed by atoms with van der Waals surface area (Å²) in [6.45, 7) is 7.84. The molecule has 0 unspecified atom stereocenters. The summed E-state index contributed by atoms with van der Waals surface area (Å²) in [5, 5.41) is 6.73. The number of hydrogen-bond acceptors (Lipinski definition) is 5. The van der Waals surface area contributed by atoms with Crippen LogP contribution in [0.15, 0.2) is 93.8 Å². The lowest BCUT2D eigenvalue weighted by Crippen LogP contribution is -2.32. The molecule has 3 aromatic rings. The van der Waals surface area contributed by atoms with E-state index in [1.807, 2.05) is 43.3 Å². The van der Waals surface area contributed by atoms with Gasteiger partial charge in [-0.1, -0.05) is 30.3 Å². The Hall–Kier alpha value is -4.39. The number of hydrazone groups is 1. The monoisotopic (exact) mass is 470 g/mol. The average Bonchev–Trinajstić information content (AvgIpc) is 3.38. The number of hydrogen-bond donors (Lipinski definition) is 2. The molecule has 0 bridgehead atoms. The van der Waals surface area contributed by atoms with Gasteiger partial charge in [0.15, 0.2) is 0 Å². The molecule has 0 spiro atoms. The summed E-state index contributed by atoms with van der Waals surface area (Å²) in [4.78, 5) is 27.9. The molecule has 0 atom stereocenters. The van der Waals surface area contributed by atoms with E-state index in [4.69, 9.17) is 4.42 Å². The maximum atomic E-state index is 12.9. The summed E-state index contributed by atoms with van der Waals surface area (Å²) in [6, 6.07) is 20.2. The predicted octanol–water partition coefficient (Wildman–Crippen LogP) is 5.10. The Balaban J connectivity index is 1.79. The zero-order valence-electron chi connectivity index (χ0n) is 20.2. The molecule has 1 heterocycles. The SMILES string of the molecule is CCN(CC)c1ccc(/C=C(/NC(=O)c2ccccc2)C(=O)NN=C/C(C)=C/c2ccco2)cc1. The smallest absolute Gasteiger partial charge is 0.287 e. The Bertz CT molecular complexity index is 1190. The van der Waals surface area contributed by atoms with Crippen LogP contribution in [0.3, 0.4) is 0 Å². The third-order valence-electron chi connectivity index (χ3n) is 5.21. The lowest BCUT2D eigenvalue weighted by atomic mass is 10.1. The third-order valence-corrected chi connectivity index (χ3v) is 5.21. The zero-order chi connectivity index (χ0) is 25.0. The first-order chi connectivity index (χ1) is 17.0. The minimum Gasteiger partial charge on any atom is -0.465 e. The lowest BCUT2D eigenvalue weighted by molar-refractivity contribution is -0.117. The van der Waals surface area contributed by atoms with Crippen LogP contribution in [0.25, 0.3) is 12.2 Å². The summed E-state index contributed by atoms with van der Waals surface area (Å²) in [5.41, 5.74) is 5.67. The summed E-state index contributed by atoms with van der Waals surface area (Å²) in [5.74, 6) is -0.238. The van der Waals surface area contributed by atoms with Crippen LogP contribution in [0.5, 0.6) is 0 Å². The van der Waals surface area contributed by atoms with Crippen LogP contribution in [0.4, 0.5) is 5.69 Å². The van der Waals surface area contributed by atoms with Crippen LogP contribution >= 0.6 is 0 Å². The van der Waals surface area contributed by atoms with Gasteiger partial charge >= 0.3 is 0 Å². The van der Waals surface area contributed by atoms with Gasteiger partial charge in [0.1, 0.15) is 11.5 Å². The highest BCUT2D eigenvalue weighted by molar-refractivity contribution is 6.05. The van der Waals surface area contributed by atoms with Crippen molar-refractivity contribution in [3.05, 3.63) is 101 Å². The summed E-state index contributed by atoms with van der Waals surface area (Å²) < 4.78 is 5.27. The van der Waals surface area contributed by atoms with E-state index in [0.717, 1.165) is 29.9 Å². The molecule has 0 fully saturated rings. The highest BCUT2D eigenvalue weighted by Gasteiger charge is 2.14. The van der Waals surface area contributed by atoms with Crippen molar-refractivity contribution < 1.29 is 14.0 Å². The molecule has 7 heteroatoms. The van der Waals surface area contributed by atoms with Crippen molar-refractivity contribution in [2.24, 2.45) is 5.10 Å². The Morgan fingerprint density at radius 1 is 0.943 bits per heavy atom. The van der Waals surface area contributed by atoms with E-state index in [1.54, 1.807) is 48.7 Å². The molecule has 35 heavy (non-hydrogen) atoms. The van der Waals surface area contributed by atoms with E-state index >= 15 is 0 Å². The van der Waals surface area contributed by atoms with Crippen molar-refractivity contribution in [2.75, 3.05) is 18.0 Å². The molecule has 0 aliphatic rings. The van der Waals surface area contributed by atoms with Crippen LogP contribution in [-0.2, 0) is 4.79 Å². The fourth-order valence-corrected chi connectivity index (χ4v) is 3.37. The van der Waals surface area contributed by atoms with Crippen LogP contribution in [0.2, 0.25) is 0 Å². The van der Waals surface area contributed by atoms with Crippen molar-refractivity contribution in [3.8, 4) is 0 Å². The van der Waals surface area contributed by atoms with Gasteiger partial charge in [0.2, 0.25) is 0 Å². The van der Waals surface area contributed by atoms with Gasteiger partial charge in [-0.2, -0.15) is 5.10 Å². The maximum absolute atomic E-state index is 12.9. The molecule has 1 aromatic heterocycles. The zero-order valence-corrected chi connectivity index (χ0v) is 20.2. The Morgan fingerprint density at radius 3 is 2.29 bits per heavy atom. The van der Waals surface area contributed by atoms with Crippen molar-refractivity contribution in [3.63, 3.8) is 0 Å². The predicted molar refractivity (Wildman–Crippen MR) is 141 cm³/mol. The molecule has 0 radical (unpaired) electrons. The van der Waals surface area contributed by atoms with Crippen molar-refractivity contribution >= 4 is 35.9 Å². The number of nitrogens with zero attached hydrogens (tertiary/aromatic N) is 2. The number of allylic oxidation sites excluding steroid dienone is 1. The van der Waals surface area contributed by atoms with Gasteiger partial charge < -0.3 is 14.6 Å². The van der Waals surface area contributed by atoms with Gasteiger partial charge in [-0.25, -0.2) is 5.43 Å². The molecular formula is C28H30N4O3. The molecule has 0 saturated heterocycles. The van der Waals surface area contributed by atoms with Crippen LogP contribution in [-0.4, -0.2) is 31.1 Å². The van der Waals surface area contributed by atoms with Crippen molar-refractivity contribution in [2.45, 2.75) is 20.8 Å². The number of anilines is 1. The topological polar surface area (TPSA) is 86.9 Å². The molecule has 2 amide bonds. The molecule has 0 aliphatic carbocycles. The second-order valence-electron chi connectivity index (χ2n) is 7.74. The minimum atomic E-state index is -0.538. The molecule has 0 aliphatic heterocycles. The van der Waals surface area contributed by atoms with Gasteiger partial charge in [0.05, 0.1) is 12.5 Å². The maximum Gasteiger partial charge on any atom is 0.287 e. The summed E-state index contributed by atoms with van der Waals surface area (Å²) >= 11 is 0. The van der Waals surface area contributed by atoms with Crippen LogP contribution in [0, 0.1) is 0 Å². The van der Waals surface area contributed by atoms with E-state index < -0.39 is 5.91 Å². The van der Waals surface area contributed by atoms with E-state index in [-0.39, 0.29) is 11.6 Å². The lowest BCUT2D eigenvalue weighted by Gasteiger charge is -2.20. The Labute approximate surface area is 205 Å². The first-order valence-electron chi connectivity index (χ1n) is 11.5. The van der Waals surface area contributed by atoms with Gasteiger partial charge in [0, 0.05) is 24.3 Å². The number of carbonyl (C=O) groups excluding carboxylic acids is 2. The third kappa shape index (κ3) is 7.57. The van der Waals surface area contributed by atoms with E-state index in [2.05, 4.69) is 34.6 Å². The first-order valence-corrected chi connectivity index (χ1v) is 11.5. The summed E-state index contributed by atoms with van der Waals surface area (Å²) in [6.07, 6.45) is 6.51. The molecule has 0 saturated carbocycles. The van der Waals surface area contributed by atoms with Gasteiger partial charge in [0.25, 0.3) is 11.8 Å². The summed E-state index contributed by atoms with van der Waals surface area (Å²) in [7, 11) is 0. The van der Waals surface area contributed by atoms with E-state index in [9.17, 15) is 9.59 Å². The second-order valence-corrected chi connectivity index (χ2v) is 7.74. The van der Waals surface area contributed by atoms with Gasteiger partial charge in [-0.3, -0.25) is 9.59 Å². The quantitative estimate of drug-likeness (QED) is 0.245. The number of benzene rings is 2. The molecule has 2 aromatic carbocycles. The number of rotatable bonds is 10. The van der Waals surface area contributed by atoms with E-state index in [0.29, 0.717) is 11.3 Å². The molecular weight excluding hydrogens is 440 g/mol. The fourth-order valence-electron chi connectivity index (χ4n) is 3.37. The minimum absolute atomic E-state index is 0.0826. The van der Waals surface area contributed by atoms with Crippen LogP contribution in [0.1, 0.15) is 42.5 Å². The van der Waals surface area contributed by atoms with Gasteiger partial charge in [-0.05, 0) is 80.5 Å². The Morgan fingerprint density at radius 2 is 1.66 bits per heavy atom. The number of nitrogens with one attached hydrogen (secondary N) is 2. The highest BCUT2D eigenvalue weighted by atomic mass is 16.3. The number of amides is 2. The standard InChI is InChI=1S/C28H30N4O3/c1-4-32(5-2)24-15-13-22(14-16-24)19-26(30-27(33)23-10-7-6-8-11-23)28(34)31-29-20-21(3)18-25-12-9-17-35-25/h6-20H,4-5H2,1-3H3,(H,30,33)(H,31,34)/b21-18+,26-19+,29-20?. The molecule has 7 nitrogen and oxygen atoms in total. The van der Waals surface area contributed by atoms with Crippen molar-refractivity contribution in [1.82, 2.24) is 10.7 Å². The van der Waals surface area contributed by atoms with E-state index in [1.165, 1.54) is 6.21 Å². The fraction of sp³-hybridized carbons (Fsp3) is 0.179. The normalized spacial score (nSPS) is 12.0. The average molecular weight is 471 g/mol. The Kier molecular flexibility index (Phi) is 9.19. The first kappa shape index (κ1) is 25.2. The number of carbonyl (C=O) groups is 2.